The first-order valence-corrected chi connectivity index (χ1v) is 9.32. The third-order valence-electron chi connectivity index (χ3n) is 5.71. The average molecular weight is 416 g/mol. The van der Waals surface area contributed by atoms with Crippen LogP contribution in [0.3, 0.4) is 0 Å². The molecule has 0 radical (unpaired) electrons. The summed E-state index contributed by atoms with van der Waals surface area (Å²) in [5, 5.41) is 21.6. The maximum absolute atomic E-state index is 12.7. The number of aromatic hydroxyl groups is 1. The SMILES string of the molecule is NC(=O)OCC1=C(C(=O)O)N2C(=O)[C@@H]3[C@H]2C1CCN3CC(=O)Nc1ccc(O)cc1. The quantitative estimate of drug-likeness (QED) is 0.362. The number of primary amides is 1. The zero-order valence-electron chi connectivity index (χ0n) is 15.8. The number of hydrogen-bond donors (Lipinski definition) is 4. The number of β-lactam (4-membered cyclic amide) rings is 1. The smallest absolute Gasteiger partial charge is 0.404 e. The summed E-state index contributed by atoms with van der Waals surface area (Å²) >= 11 is 0. The number of likely N-dealkylation sites (tertiary alicyclic amines) is 1. The van der Waals surface area contributed by atoms with Crippen molar-refractivity contribution in [3.8, 4) is 5.75 Å². The van der Waals surface area contributed by atoms with Gasteiger partial charge in [-0.15, -0.1) is 0 Å². The maximum Gasteiger partial charge on any atom is 0.404 e. The standard InChI is InChI=1S/C19H20N4O7/c20-19(29)30-8-12-11-5-6-22(7-13(25)21-9-1-3-10(24)4-2-9)16-14(11)23(17(16)26)15(12)18(27)28/h1-4,11,14,16,24H,5-8H2,(H2,20,29)(H,21,25)(H,27,28)/t11?,14-,16+/m1/s1. The Morgan fingerprint density at radius 1 is 1.23 bits per heavy atom. The van der Waals surface area contributed by atoms with E-state index in [0.29, 0.717) is 24.2 Å². The second-order valence-corrected chi connectivity index (χ2v) is 7.39. The van der Waals surface area contributed by atoms with Crippen LogP contribution in [0, 0.1) is 5.92 Å². The van der Waals surface area contributed by atoms with Gasteiger partial charge in [-0.3, -0.25) is 19.4 Å². The molecular weight excluding hydrogens is 396 g/mol. The molecule has 0 saturated carbocycles. The molecule has 3 aliphatic rings. The highest BCUT2D eigenvalue weighted by molar-refractivity contribution is 6.02. The van der Waals surface area contributed by atoms with Crippen LogP contribution in [-0.2, 0) is 19.1 Å². The van der Waals surface area contributed by atoms with Gasteiger partial charge in [-0.2, -0.15) is 0 Å². The molecule has 2 saturated heterocycles. The molecule has 30 heavy (non-hydrogen) atoms. The summed E-state index contributed by atoms with van der Waals surface area (Å²) in [6.45, 7) is 0.0845. The summed E-state index contributed by atoms with van der Waals surface area (Å²) in [5.74, 6) is -2.18. The van der Waals surface area contributed by atoms with Crippen LogP contribution >= 0.6 is 0 Å². The van der Waals surface area contributed by atoms with Crippen LogP contribution in [0.5, 0.6) is 5.75 Å². The Balaban J connectivity index is 1.47. The fourth-order valence-corrected chi connectivity index (χ4v) is 4.52. The van der Waals surface area contributed by atoms with E-state index in [2.05, 4.69) is 5.32 Å². The highest BCUT2D eigenvalue weighted by atomic mass is 16.5. The summed E-state index contributed by atoms with van der Waals surface area (Å²) < 4.78 is 4.81. The van der Waals surface area contributed by atoms with Crippen molar-refractivity contribution in [2.24, 2.45) is 11.7 Å². The fraction of sp³-hybridized carbons (Fsp3) is 0.368. The Labute approximate surface area is 170 Å². The number of carbonyl (C=O) groups excluding carboxylic acids is 3. The summed E-state index contributed by atoms with van der Waals surface area (Å²) in [6, 6.07) is 4.98. The zero-order valence-corrected chi connectivity index (χ0v) is 15.8. The number of benzene rings is 1. The van der Waals surface area contributed by atoms with Crippen molar-refractivity contribution in [1.29, 1.82) is 0 Å². The lowest BCUT2D eigenvalue weighted by molar-refractivity contribution is -0.163. The number of phenols is 1. The minimum atomic E-state index is -1.27. The number of anilines is 1. The molecule has 2 fully saturated rings. The molecule has 0 bridgehead atoms. The molecule has 1 unspecified atom stereocenters. The Bertz CT molecular complexity index is 958. The number of carbonyl (C=O) groups is 4. The summed E-state index contributed by atoms with van der Waals surface area (Å²) in [5.41, 5.74) is 5.72. The van der Waals surface area contributed by atoms with Crippen LogP contribution in [0.25, 0.3) is 0 Å². The minimum absolute atomic E-state index is 0.0378. The lowest BCUT2D eigenvalue weighted by Crippen LogP contribution is -2.73. The van der Waals surface area contributed by atoms with Gasteiger partial charge in [0.2, 0.25) is 11.8 Å². The molecular formula is C19H20N4O7. The van der Waals surface area contributed by atoms with E-state index in [1.165, 1.54) is 17.0 Å². The topological polar surface area (TPSA) is 162 Å². The van der Waals surface area contributed by atoms with E-state index in [9.17, 15) is 29.4 Å². The molecule has 3 aliphatic heterocycles. The number of amides is 3. The molecule has 0 aliphatic carbocycles. The molecule has 3 amide bonds. The maximum atomic E-state index is 12.7. The van der Waals surface area contributed by atoms with Crippen molar-refractivity contribution in [2.75, 3.05) is 25.0 Å². The van der Waals surface area contributed by atoms with Crippen LogP contribution in [-0.4, -0.2) is 75.7 Å². The minimum Gasteiger partial charge on any atom is -0.508 e. The van der Waals surface area contributed by atoms with E-state index in [4.69, 9.17) is 10.5 Å². The Morgan fingerprint density at radius 2 is 1.93 bits per heavy atom. The van der Waals surface area contributed by atoms with Crippen LogP contribution in [0.15, 0.2) is 35.5 Å². The normalized spacial score (nSPS) is 24.9. The van der Waals surface area contributed by atoms with Crippen LogP contribution in [0.2, 0.25) is 0 Å². The molecule has 11 nitrogen and oxygen atoms in total. The lowest BCUT2D eigenvalue weighted by atomic mass is 9.78. The van der Waals surface area contributed by atoms with E-state index in [1.807, 2.05) is 0 Å². The van der Waals surface area contributed by atoms with Crippen molar-refractivity contribution >= 4 is 29.6 Å². The number of carboxylic acids is 1. The van der Waals surface area contributed by atoms with Crippen LogP contribution in [0.1, 0.15) is 6.42 Å². The van der Waals surface area contributed by atoms with Crippen molar-refractivity contribution < 1.29 is 34.1 Å². The van der Waals surface area contributed by atoms with E-state index < -0.39 is 30.1 Å². The first-order chi connectivity index (χ1) is 14.3. The van der Waals surface area contributed by atoms with Crippen molar-refractivity contribution in [1.82, 2.24) is 9.80 Å². The van der Waals surface area contributed by atoms with Gasteiger partial charge in [0.15, 0.2) is 0 Å². The predicted octanol–water partition coefficient (Wildman–Crippen LogP) is -0.320. The largest absolute Gasteiger partial charge is 0.508 e. The molecule has 3 atom stereocenters. The molecule has 5 N–H and O–H groups in total. The van der Waals surface area contributed by atoms with Gasteiger partial charge in [-0.05, 0) is 30.7 Å². The van der Waals surface area contributed by atoms with E-state index in [1.54, 1.807) is 17.0 Å². The van der Waals surface area contributed by atoms with E-state index in [-0.39, 0.29) is 36.4 Å². The van der Waals surface area contributed by atoms with Crippen LogP contribution < -0.4 is 11.1 Å². The van der Waals surface area contributed by atoms with Crippen molar-refractivity contribution in [3.05, 3.63) is 35.5 Å². The third-order valence-corrected chi connectivity index (χ3v) is 5.71. The summed E-state index contributed by atoms with van der Waals surface area (Å²) in [4.78, 5) is 50.8. The molecule has 158 valence electrons. The van der Waals surface area contributed by atoms with Gasteiger partial charge in [0.05, 0.1) is 12.6 Å². The summed E-state index contributed by atoms with van der Waals surface area (Å²) in [7, 11) is 0. The lowest BCUT2D eigenvalue weighted by Gasteiger charge is -2.53. The fourth-order valence-electron chi connectivity index (χ4n) is 4.52. The number of phenolic OH excluding ortho intramolecular Hbond substituents is 1. The molecule has 0 spiro atoms. The molecule has 1 aromatic rings. The Kier molecular flexibility index (Phi) is 4.82. The van der Waals surface area contributed by atoms with Gasteiger partial charge in [0.25, 0.3) is 0 Å². The highest BCUT2D eigenvalue weighted by Crippen LogP contribution is 2.48. The zero-order chi connectivity index (χ0) is 21.6. The first kappa shape index (κ1) is 19.7. The molecule has 4 rings (SSSR count). The molecule has 3 heterocycles. The van der Waals surface area contributed by atoms with E-state index >= 15 is 0 Å². The number of nitrogens with one attached hydrogen (secondary N) is 1. The number of hydrogen-bond acceptors (Lipinski definition) is 7. The number of carboxylic acid groups (broad SMARTS) is 1. The van der Waals surface area contributed by atoms with Crippen LogP contribution in [0.4, 0.5) is 10.5 Å². The van der Waals surface area contributed by atoms with Gasteiger partial charge in [0, 0.05) is 23.7 Å². The van der Waals surface area contributed by atoms with Gasteiger partial charge < -0.3 is 26.0 Å². The highest BCUT2D eigenvalue weighted by Gasteiger charge is 2.63. The van der Waals surface area contributed by atoms with E-state index in [0.717, 1.165) is 0 Å². The van der Waals surface area contributed by atoms with Gasteiger partial charge in [0.1, 0.15) is 24.1 Å². The Morgan fingerprint density at radius 3 is 2.57 bits per heavy atom. The van der Waals surface area contributed by atoms with Crippen molar-refractivity contribution in [2.45, 2.75) is 18.5 Å². The van der Waals surface area contributed by atoms with Gasteiger partial charge in [-0.1, -0.05) is 0 Å². The molecule has 11 heteroatoms. The third kappa shape index (κ3) is 3.22. The van der Waals surface area contributed by atoms with Gasteiger partial charge in [-0.25, -0.2) is 9.59 Å². The number of ether oxygens (including phenoxy) is 1. The first-order valence-electron chi connectivity index (χ1n) is 9.32. The predicted molar refractivity (Wildman–Crippen MR) is 101 cm³/mol. The second kappa shape index (κ2) is 7.34. The second-order valence-electron chi connectivity index (χ2n) is 7.39. The number of nitrogens with zero attached hydrogens (tertiary/aromatic N) is 2. The van der Waals surface area contributed by atoms with Gasteiger partial charge >= 0.3 is 12.1 Å². The number of nitrogens with two attached hydrogens (primary N) is 1. The average Bonchev–Trinajstić information content (AvgIpc) is 3.00. The summed E-state index contributed by atoms with van der Waals surface area (Å²) in [6.07, 6.45) is -0.515. The number of piperidine rings is 1. The molecule has 0 aromatic heterocycles. The monoisotopic (exact) mass is 416 g/mol. The van der Waals surface area contributed by atoms with Crippen molar-refractivity contribution in [3.63, 3.8) is 0 Å². The number of aliphatic carboxylic acids is 1. The number of rotatable bonds is 6. The Hall–Kier alpha value is -3.60. The molecule has 1 aromatic carbocycles.